The fraction of sp³-hybridized carbons (Fsp3) is 0.471. The highest BCUT2D eigenvalue weighted by molar-refractivity contribution is 7.88. The number of carbonyl (C=O) groups is 3. The second kappa shape index (κ2) is 8.23. The maximum atomic E-state index is 13.1. The van der Waals surface area contributed by atoms with E-state index in [4.69, 9.17) is 0 Å². The molecule has 1 atom stereocenters. The minimum atomic E-state index is -3.66. The van der Waals surface area contributed by atoms with Gasteiger partial charge in [-0.25, -0.2) is 12.8 Å². The largest absolute Gasteiger partial charge is 0.350 e. The average Bonchev–Trinajstić information content (AvgIpc) is 2.61. The van der Waals surface area contributed by atoms with E-state index in [1.54, 1.807) is 6.07 Å². The van der Waals surface area contributed by atoms with Crippen LogP contribution in [0.1, 0.15) is 12.5 Å². The normalized spacial score (nSPS) is 20.7. The maximum Gasteiger partial charge on any atom is 0.247 e. The van der Waals surface area contributed by atoms with Gasteiger partial charge < -0.3 is 15.5 Å². The summed E-state index contributed by atoms with van der Waals surface area (Å²) in [5.41, 5.74) is -0.894. The third-order valence-corrected chi connectivity index (χ3v) is 5.85. The number of benzene rings is 1. The molecule has 3 amide bonds. The molecule has 0 aromatic heterocycles. The molecule has 1 aromatic carbocycles. The van der Waals surface area contributed by atoms with Crippen molar-refractivity contribution in [3.8, 4) is 0 Å². The number of nitrogens with one attached hydrogen (secondary N) is 2. The smallest absolute Gasteiger partial charge is 0.247 e. The lowest BCUT2D eigenvalue weighted by atomic mass is 9.96. The molecule has 1 unspecified atom stereocenters. The monoisotopic (exact) mass is 414 g/mol. The van der Waals surface area contributed by atoms with Gasteiger partial charge in [0.25, 0.3) is 0 Å². The number of nitrogens with zero attached hydrogens (tertiary/aromatic N) is 2. The van der Waals surface area contributed by atoms with Gasteiger partial charge in [-0.2, -0.15) is 4.31 Å². The molecule has 28 heavy (non-hydrogen) atoms. The van der Waals surface area contributed by atoms with Gasteiger partial charge in [0.15, 0.2) is 0 Å². The molecule has 1 heterocycles. The first-order chi connectivity index (χ1) is 12.9. The zero-order valence-electron chi connectivity index (χ0n) is 15.9. The molecular formula is C17H23FN4O5S. The van der Waals surface area contributed by atoms with Crippen LogP contribution in [-0.4, -0.2) is 73.8 Å². The zero-order chi connectivity index (χ0) is 21.1. The predicted octanol–water partition coefficient (Wildman–Crippen LogP) is -0.950. The van der Waals surface area contributed by atoms with Gasteiger partial charge in [0.2, 0.25) is 27.7 Å². The van der Waals surface area contributed by atoms with E-state index in [0.717, 1.165) is 10.6 Å². The molecule has 2 rings (SSSR count). The Balaban J connectivity index is 1.96. The lowest BCUT2D eigenvalue weighted by molar-refractivity contribution is -0.150. The highest BCUT2D eigenvalue weighted by Gasteiger charge is 2.47. The average molecular weight is 414 g/mol. The fourth-order valence-electron chi connectivity index (χ4n) is 2.76. The van der Waals surface area contributed by atoms with Crippen molar-refractivity contribution in [2.75, 3.05) is 32.9 Å². The third-order valence-electron chi connectivity index (χ3n) is 4.66. The van der Waals surface area contributed by atoms with E-state index in [1.165, 1.54) is 37.1 Å². The van der Waals surface area contributed by atoms with Crippen molar-refractivity contribution in [1.29, 1.82) is 0 Å². The summed E-state index contributed by atoms with van der Waals surface area (Å²) in [6.07, 6.45) is 0.962. The number of rotatable bonds is 6. The molecule has 1 saturated heterocycles. The first-order valence-corrected chi connectivity index (χ1v) is 10.3. The van der Waals surface area contributed by atoms with Crippen molar-refractivity contribution in [3.05, 3.63) is 35.6 Å². The Kier molecular flexibility index (Phi) is 6.40. The third kappa shape index (κ3) is 5.04. The topological polar surface area (TPSA) is 116 Å². The lowest BCUT2D eigenvalue weighted by Gasteiger charge is -2.44. The minimum absolute atomic E-state index is 0.0873. The van der Waals surface area contributed by atoms with E-state index >= 15 is 0 Å². The van der Waals surface area contributed by atoms with Gasteiger partial charge in [-0.1, -0.05) is 12.1 Å². The predicted molar refractivity (Wildman–Crippen MR) is 98.8 cm³/mol. The van der Waals surface area contributed by atoms with Crippen molar-refractivity contribution >= 4 is 27.7 Å². The van der Waals surface area contributed by atoms with Crippen LogP contribution >= 0.6 is 0 Å². The molecule has 1 aliphatic rings. The molecule has 0 bridgehead atoms. The highest BCUT2D eigenvalue weighted by Crippen LogP contribution is 2.22. The van der Waals surface area contributed by atoms with Gasteiger partial charge in [-0.3, -0.25) is 14.4 Å². The second-order valence-corrected chi connectivity index (χ2v) is 8.83. The molecular weight excluding hydrogens is 391 g/mol. The number of halogens is 1. The SMILES string of the molecule is CN1C(=O)CN(S(C)(=O)=O)CC1(C)C(=O)NCC(=O)NCc1cccc(F)c1. The van der Waals surface area contributed by atoms with Crippen LogP contribution in [0.15, 0.2) is 24.3 Å². The summed E-state index contributed by atoms with van der Waals surface area (Å²) in [5, 5.41) is 4.97. The molecule has 2 N–H and O–H groups in total. The van der Waals surface area contributed by atoms with Crippen molar-refractivity contribution in [3.63, 3.8) is 0 Å². The molecule has 11 heteroatoms. The highest BCUT2D eigenvalue weighted by atomic mass is 32.2. The van der Waals surface area contributed by atoms with Crippen LogP contribution < -0.4 is 10.6 Å². The summed E-state index contributed by atoms with van der Waals surface area (Å²) in [4.78, 5) is 37.9. The molecule has 0 aliphatic carbocycles. The van der Waals surface area contributed by atoms with E-state index < -0.39 is 39.1 Å². The van der Waals surface area contributed by atoms with Gasteiger partial charge in [0, 0.05) is 20.1 Å². The molecule has 1 aliphatic heterocycles. The Bertz CT molecular complexity index is 891. The second-order valence-electron chi connectivity index (χ2n) is 6.85. The van der Waals surface area contributed by atoms with Crippen LogP contribution in [0.25, 0.3) is 0 Å². The van der Waals surface area contributed by atoms with Crippen LogP contribution in [-0.2, 0) is 31.0 Å². The van der Waals surface area contributed by atoms with Gasteiger partial charge in [-0.15, -0.1) is 0 Å². The quantitative estimate of drug-likeness (QED) is 0.623. The van der Waals surface area contributed by atoms with Gasteiger partial charge >= 0.3 is 0 Å². The van der Waals surface area contributed by atoms with Gasteiger partial charge in [0.05, 0.1) is 19.3 Å². The van der Waals surface area contributed by atoms with E-state index in [9.17, 15) is 27.2 Å². The van der Waals surface area contributed by atoms with Crippen molar-refractivity contribution < 1.29 is 27.2 Å². The molecule has 1 aromatic rings. The Morgan fingerprint density at radius 3 is 2.57 bits per heavy atom. The molecule has 9 nitrogen and oxygen atoms in total. The van der Waals surface area contributed by atoms with E-state index in [-0.39, 0.29) is 26.2 Å². The summed E-state index contributed by atoms with van der Waals surface area (Å²) in [6, 6.07) is 5.73. The number of piperazine rings is 1. The summed E-state index contributed by atoms with van der Waals surface area (Å²) >= 11 is 0. The van der Waals surface area contributed by atoms with Crippen LogP contribution in [0.4, 0.5) is 4.39 Å². The molecule has 154 valence electrons. The van der Waals surface area contributed by atoms with Crippen LogP contribution in [0.3, 0.4) is 0 Å². The Hall–Kier alpha value is -2.53. The zero-order valence-corrected chi connectivity index (χ0v) is 16.7. The standard InChI is InChI=1S/C17H23FN4O5S/c1-17(11-22(28(3,26)27)10-15(24)21(17)2)16(25)20-9-14(23)19-8-12-5-4-6-13(18)7-12/h4-7H,8-11H2,1-3H3,(H,19,23)(H,20,25). The summed E-state index contributed by atoms with van der Waals surface area (Å²) < 4.78 is 37.6. The van der Waals surface area contributed by atoms with E-state index in [1.807, 2.05) is 0 Å². The van der Waals surface area contributed by atoms with Crippen molar-refractivity contribution in [2.24, 2.45) is 0 Å². The number of sulfonamides is 1. The lowest BCUT2D eigenvalue weighted by Crippen LogP contribution is -2.68. The van der Waals surface area contributed by atoms with Crippen molar-refractivity contribution in [2.45, 2.75) is 19.0 Å². The summed E-state index contributed by atoms with van der Waals surface area (Å²) in [6.45, 7) is 0.591. The first-order valence-electron chi connectivity index (χ1n) is 8.45. The van der Waals surface area contributed by atoms with Crippen LogP contribution in [0.5, 0.6) is 0 Å². The first kappa shape index (κ1) is 21.8. The number of carbonyl (C=O) groups excluding carboxylic acids is 3. The molecule has 0 radical (unpaired) electrons. The Labute approximate surface area is 162 Å². The van der Waals surface area contributed by atoms with Crippen LogP contribution in [0.2, 0.25) is 0 Å². The number of hydrogen-bond acceptors (Lipinski definition) is 5. The Morgan fingerprint density at radius 2 is 1.96 bits per heavy atom. The summed E-state index contributed by atoms with van der Waals surface area (Å²) in [5.74, 6) is -2.11. The van der Waals surface area contributed by atoms with Crippen LogP contribution in [0, 0.1) is 5.82 Å². The molecule has 0 saturated carbocycles. The van der Waals surface area contributed by atoms with Gasteiger partial charge in [-0.05, 0) is 24.6 Å². The van der Waals surface area contributed by atoms with Crippen molar-refractivity contribution in [1.82, 2.24) is 19.8 Å². The molecule has 0 spiro atoms. The number of likely N-dealkylation sites (N-methyl/N-ethyl adjacent to an activating group) is 1. The maximum absolute atomic E-state index is 13.1. The number of amides is 3. The minimum Gasteiger partial charge on any atom is -0.350 e. The van der Waals surface area contributed by atoms with Gasteiger partial charge in [0.1, 0.15) is 11.4 Å². The van der Waals surface area contributed by atoms with E-state index in [0.29, 0.717) is 5.56 Å². The summed E-state index contributed by atoms with van der Waals surface area (Å²) in [7, 11) is -2.26. The number of hydrogen-bond donors (Lipinski definition) is 2. The fourth-order valence-corrected chi connectivity index (χ4v) is 3.59. The van der Waals surface area contributed by atoms with E-state index in [2.05, 4.69) is 10.6 Å². The Morgan fingerprint density at radius 1 is 1.29 bits per heavy atom. The molecule has 1 fully saturated rings.